The number of hydrogen-bond acceptors (Lipinski definition) is 6. The van der Waals surface area contributed by atoms with Crippen molar-refractivity contribution in [2.75, 3.05) is 32.9 Å². The zero-order valence-corrected chi connectivity index (χ0v) is 13.1. The highest BCUT2D eigenvalue weighted by Gasteiger charge is 2.18. The quantitative estimate of drug-likeness (QED) is 0.735. The van der Waals surface area contributed by atoms with Crippen LogP contribution in [0.3, 0.4) is 0 Å². The van der Waals surface area contributed by atoms with Crippen molar-refractivity contribution in [3.63, 3.8) is 0 Å². The molecule has 128 valence electrons. The summed E-state index contributed by atoms with van der Waals surface area (Å²) in [6.07, 6.45) is -0.0141. The second-order valence-corrected chi connectivity index (χ2v) is 5.39. The fourth-order valence-electron chi connectivity index (χ4n) is 2.55. The standard InChI is InChI=1S/C16H18N2O6/c19-14(17-7-9-22-10-8-17)11-23-15(20)5-6-18-12-3-1-2-4-13(12)24-16(18)21/h1-4H,5-11H2. The number of oxazole rings is 1. The summed E-state index contributed by atoms with van der Waals surface area (Å²) in [6.45, 7) is 1.85. The van der Waals surface area contributed by atoms with Gasteiger partial charge in [-0.2, -0.15) is 0 Å². The summed E-state index contributed by atoms with van der Waals surface area (Å²) >= 11 is 0. The molecule has 0 bridgehead atoms. The second-order valence-electron chi connectivity index (χ2n) is 5.39. The first kappa shape index (κ1) is 16.3. The maximum Gasteiger partial charge on any atom is 0.419 e. The first-order valence-electron chi connectivity index (χ1n) is 7.74. The Hall–Kier alpha value is -2.61. The zero-order chi connectivity index (χ0) is 16.9. The largest absolute Gasteiger partial charge is 0.456 e. The summed E-state index contributed by atoms with van der Waals surface area (Å²) in [6, 6.07) is 6.98. The van der Waals surface area contributed by atoms with Gasteiger partial charge < -0.3 is 18.8 Å². The van der Waals surface area contributed by atoms with E-state index in [0.29, 0.717) is 37.4 Å². The van der Waals surface area contributed by atoms with Crippen molar-refractivity contribution in [1.82, 2.24) is 9.47 Å². The Bertz CT molecular complexity index is 787. The predicted octanol–water partition coefficient (Wildman–Crippen LogP) is 0.387. The number of carbonyl (C=O) groups excluding carboxylic acids is 2. The zero-order valence-electron chi connectivity index (χ0n) is 13.1. The van der Waals surface area contributed by atoms with Gasteiger partial charge in [-0.25, -0.2) is 4.79 Å². The second kappa shape index (κ2) is 7.31. The van der Waals surface area contributed by atoms with E-state index in [1.807, 2.05) is 0 Å². The van der Waals surface area contributed by atoms with Gasteiger partial charge in [0.1, 0.15) is 0 Å². The molecule has 0 N–H and O–H groups in total. The monoisotopic (exact) mass is 334 g/mol. The first-order valence-corrected chi connectivity index (χ1v) is 7.74. The summed E-state index contributed by atoms with van der Waals surface area (Å²) < 4.78 is 16.6. The molecule has 0 radical (unpaired) electrons. The number of carbonyl (C=O) groups is 2. The average Bonchev–Trinajstić information content (AvgIpc) is 2.93. The van der Waals surface area contributed by atoms with E-state index in [2.05, 4.69) is 0 Å². The molecule has 0 aliphatic carbocycles. The smallest absolute Gasteiger partial charge is 0.419 e. The summed E-state index contributed by atoms with van der Waals surface area (Å²) in [5.74, 6) is -1.29. The van der Waals surface area contributed by atoms with Crippen LogP contribution in [0.2, 0.25) is 0 Å². The maximum atomic E-state index is 11.9. The molecule has 1 aliphatic rings. The van der Waals surface area contributed by atoms with E-state index in [-0.39, 0.29) is 25.5 Å². The Morgan fingerprint density at radius 3 is 2.71 bits per heavy atom. The Morgan fingerprint density at radius 1 is 1.17 bits per heavy atom. The number of benzene rings is 1. The van der Waals surface area contributed by atoms with Crippen LogP contribution in [0.1, 0.15) is 6.42 Å². The number of esters is 1. The molecule has 0 saturated carbocycles. The molecule has 8 heteroatoms. The molecule has 1 fully saturated rings. The lowest BCUT2D eigenvalue weighted by Crippen LogP contribution is -2.42. The highest BCUT2D eigenvalue weighted by atomic mass is 16.5. The van der Waals surface area contributed by atoms with Gasteiger partial charge in [0, 0.05) is 19.6 Å². The van der Waals surface area contributed by atoms with E-state index in [0.717, 1.165) is 0 Å². The third-order valence-corrected chi connectivity index (χ3v) is 3.83. The normalized spacial score (nSPS) is 14.8. The molecule has 2 heterocycles. The molecule has 1 saturated heterocycles. The number of rotatable bonds is 5. The topological polar surface area (TPSA) is 91.0 Å². The van der Waals surface area contributed by atoms with Crippen molar-refractivity contribution in [3.05, 3.63) is 34.8 Å². The first-order chi connectivity index (χ1) is 11.6. The van der Waals surface area contributed by atoms with Crippen molar-refractivity contribution in [3.8, 4) is 0 Å². The lowest BCUT2D eigenvalue weighted by atomic mass is 10.3. The number of ether oxygens (including phenoxy) is 2. The van der Waals surface area contributed by atoms with Crippen molar-refractivity contribution in [2.45, 2.75) is 13.0 Å². The number of amides is 1. The Morgan fingerprint density at radius 2 is 1.92 bits per heavy atom. The number of fused-ring (bicyclic) bond motifs is 1. The van der Waals surface area contributed by atoms with Gasteiger partial charge in [0.25, 0.3) is 5.91 Å². The lowest BCUT2D eigenvalue weighted by molar-refractivity contribution is -0.153. The van der Waals surface area contributed by atoms with Gasteiger partial charge in [-0.3, -0.25) is 14.2 Å². The van der Waals surface area contributed by atoms with Crippen molar-refractivity contribution in [2.24, 2.45) is 0 Å². The molecule has 0 unspecified atom stereocenters. The molecule has 1 aromatic heterocycles. The highest BCUT2D eigenvalue weighted by molar-refractivity contribution is 5.80. The van der Waals surface area contributed by atoms with Crippen LogP contribution in [0.25, 0.3) is 11.1 Å². The number of nitrogens with zero attached hydrogens (tertiary/aromatic N) is 2. The summed E-state index contributed by atoms with van der Waals surface area (Å²) in [5, 5.41) is 0. The Kier molecular flexibility index (Phi) is 4.95. The van der Waals surface area contributed by atoms with Gasteiger partial charge in [0.2, 0.25) is 0 Å². The third kappa shape index (κ3) is 3.65. The minimum atomic E-state index is -0.534. The fourth-order valence-corrected chi connectivity index (χ4v) is 2.55. The van der Waals surface area contributed by atoms with Crippen LogP contribution < -0.4 is 5.76 Å². The molecular weight excluding hydrogens is 316 g/mol. The number of morpholine rings is 1. The Balaban J connectivity index is 1.51. The van der Waals surface area contributed by atoms with Crippen LogP contribution in [0.5, 0.6) is 0 Å². The fraction of sp³-hybridized carbons (Fsp3) is 0.438. The Labute approximate surface area is 137 Å². The minimum Gasteiger partial charge on any atom is -0.456 e. The molecule has 1 amide bonds. The van der Waals surface area contributed by atoms with Crippen LogP contribution >= 0.6 is 0 Å². The third-order valence-electron chi connectivity index (χ3n) is 3.83. The molecule has 0 spiro atoms. The van der Waals surface area contributed by atoms with E-state index in [4.69, 9.17) is 13.9 Å². The number of aryl methyl sites for hydroxylation is 1. The maximum absolute atomic E-state index is 11.9. The van der Waals surface area contributed by atoms with Gasteiger partial charge in [0.15, 0.2) is 12.2 Å². The van der Waals surface area contributed by atoms with Crippen molar-refractivity contribution < 1.29 is 23.5 Å². The van der Waals surface area contributed by atoms with Crippen molar-refractivity contribution >= 4 is 23.0 Å². The van der Waals surface area contributed by atoms with Crippen LogP contribution in [0.4, 0.5) is 0 Å². The van der Waals surface area contributed by atoms with E-state index in [1.165, 1.54) is 4.57 Å². The molecule has 1 aliphatic heterocycles. The van der Waals surface area contributed by atoms with E-state index < -0.39 is 11.7 Å². The van der Waals surface area contributed by atoms with Gasteiger partial charge in [-0.15, -0.1) is 0 Å². The van der Waals surface area contributed by atoms with E-state index in [1.54, 1.807) is 29.2 Å². The predicted molar refractivity (Wildman–Crippen MR) is 83.4 cm³/mol. The lowest BCUT2D eigenvalue weighted by Gasteiger charge is -2.26. The van der Waals surface area contributed by atoms with E-state index >= 15 is 0 Å². The molecule has 8 nitrogen and oxygen atoms in total. The van der Waals surface area contributed by atoms with E-state index in [9.17, 15) is 14.4 Å². The van der Waals surface area contributed by atoms with Gasteiger partial charge in [-0.05, 0) is 12.1 Å². The molecule has 0 atom stereocenters. The molecule has 24 heavy (non-hydrogen) atoms. The van der Waals surface area contributed by atoms with Gasteiger partial charge in [0.05, 0.1) is 25.2 Å². The van der Waals surface area contributed by atoms with Gasteiger partial charge >= 0.3 is 11.7 Å². The molecule has 2 aromatic rings. The average molecular weight is 334 g/mol. The highest BCUT2D eigenvalue weighted by Crippen LogP contribution is 2.12. The minimum absolute atomic E-state index is 0.0141. The molecular formula is C16H18N2O6. The number of aromatic nitrogens is 1. The van der Waals surface area contributed by atoms with Crippen LogP contribution in [-0.2, 0) is 25.6 Å². The molecule has 1 aromatic carbocycles. The summed E-state index contributed by atoms with van der Waals surface area (Å²) in [7, 11) is 0. The van der Waals surface area contributed by atoms with Gasteiger partial charge in [-0.1, -0.05) is 12.1 Å². The summed E-state index contributed by atoms with van der Waals surface area (Å²) in [5.41, 5.74) is 1.10. The summed E-state index contributed by atoms with van der Waals surface area (Å²) in [4.78, 5) is 37.1. The van der Waals surface area contributed by atoms with Crippen molar-refractivity contribution in [1.29, 1.82) is 0 Å². The number of hydrogen-bond donors (Lipinski definition) is 0. The SMILES string of the molecule is O=C(CCn1c(=O)oc2ccccc21)OCC(=O)N1CCOCC1. The van der Waals surface area contributed by atoms with Crippen LogP contribution in [0, 0.1) is 0 Å². The number of para-hydroxylation sites is 2. The molecule has 3 rings (SSSR count). The van der Waals surface area contributed by atoms with Crippen LogP contribution in [-0.4, -0.2) is 54.3 Å². The van der Waals surface area contributed by atoms with Crippen LogP contribution in [0.15, 0.2) is 33.5 Å².